The first-order valence-electron chi connectivity index (χ1n) is 15.5. The maximum Gasteiger partial charge on any atom is 0.345 e. The quantitative estimate of drug-likeness (QED) is 0.190. The lowest BCUT2D eigenvalue weighted by Crippen LogP contribution is -2.56. The standard InChI is InChI=1S/C39H23BN4O2/c1-5-16-28-24(12-1)25-13-2-6-17-29(25)42(28)31-19-8-9-20-32(31)43-33-21-11-23-35-37(33)40(44-30-18-7-4-15-27(30)41-39(43)44)36-26-14-3-10-22-34(26)45-38(36)46-35/h1-23H. The molecule has 0 unspecified atom stereocenters. The number of benzene rings is 6. The number of nitrogens with zero attached hydrogens (tertiary/aromatic N) is 4. The Morgan fingerprint density at radius 2 is 1.15 bits per heavy atom. The summed E-state index contributed by atoms with van der Waals surface area (Å²) in [5, 5.41) is 3.50. The third-order valence-electron chi connectivity index (χ3n) is 9.61. The van der Waals surface area contributed by atoms with Gasteiger partial charge in [-0.3, -0.25) is 4.90 Å². The van der Waals surface area contributed by atoms with Crippen molar-refractivity contribution in [3.63, 3.8) is 0 Å². The summed E-state index contributed by atoms with van der Waals surface area (Å²) in [7, 11) is 0. The van der Waals surface area contributed by atoms with Crippen LogP contribution >= 0.6 is 0 Å². The van der Waals surface area contributed by atoms with Crippen LogP contribution < -0.4 is 20.6 Å². The largest absolute Gasteiger partial charge is 0.427 e. The molecule has 0 aliphatic carbocycles. The maximum atomic E-state index is 6.58. The highest BCUT2D eigenvalue weighted by Gasteiger charge is 2.46. The van der Waals surface area contributed by atoms with Crippen molar-refractivity contribution < 1.29 is 9.15 Å². The zero-order valence-electron chi connectivity index (χ0n) is 24.5. The highest BCUT2D eigenvalue weighted by Crippen LogP contribution is 2.46. The highest BCUT2D eigenvalue weighted by atomic mass is 16.6. The number of anilines is 3. The van der Waals surface area contributed by atoms with Crippen LogP contribution in [0.2, 0.25) is 0 Å². The van der Waals surface area contributed by atoms with Gasteiger partial charge in [0.25, 0.3) is 5.95 Å². The molecule has 6 aromatic carbocycles. The highest BCUT2D eigenvalue weighted by molar-refractivity contribution is 6.89. The Bertz CT molecular complexity index is 2670. The minimum atomic E-state index is -0.183. The van der Waals surface area contributed by atoms with Gasteiger partial charge in [0.05, 0.1) is 33.4 Å². The first-order chi connectivity index (χ1) is 22.8. The Hall–Kier alpha value is -6.21. The van der Waals surface area contributed by atoms with Gasteiger partial charge in [0.2, 0.25) is 5.95 Å². The van der Waals surface area contributed by atoms with Gasteiger partial charge in [-0.2, -0.15) is 0 Å². The first-order valence-corrected chi connectivity index (χ1v) is 15.5. The third kappa shape index (κ3) is 2.99. The van der Waals surface area contributed by atoms with Crippen LogP contribution in [0.25, 0.3) is 49.5 Å². The number of rotatable bonds is 2. The van der Waals surface area contributed by atoms with Gasteiger partial charge in [-0.1, -0.05) is 84.9 Å². The zero-order chi connectivity index (χ0) is 29.9. The SMILES string of the molecule is c1ccc(-n2c3ccccc3c3ccccc32)c(N2c3cccc4c3B(c3c(oc5ccccc35)O4)n3c2nc2ccccc23)c1. The van der Waals surface area contributed by atoms with Gasteiger partial charge < -0.3 is 18.2 Å². The van der Waals surface area contributed by atoms with E-state index in [9.17, 15) is 0 Å². The van der Waals surface area contributed by atoms with Crippen molar-refractivity contribution in [1.82, 2.24) is 14.0 Å². The van der Waals surface area contributed by atoms with E-state index in [1.54, 1.807) is 0 Å². The van der Waals surface area contributed by atoms with E-state index in [0.717, 1.165) is 72.7 Å². The second-order valence-corrected chi connectivity index (χ2v) is 12.0. The minimum absolute atomic E-state index is 0.183. The molecular weight excluding hydrogens is 567 g/mol. The van der Waals surface area contributed by atoms with Crippen molar-refractivity contribution in [3.05, 3.63) is 140 Å². The second-order valence-electron chi connectivity index (χ2n) is 12.0. The Morgan fingerprint density at radius 1 is 0.522 bits per heavy atom. The second kappa shape index (κ2) is 8.70. The number of aromatic nitrogens is 3. The number of fused-ring (bicyclic) bond motifs is 11. The minimum Gasteiger partial charge on any atom is -0.427 e. The van der Waals surface area contributed by atoms with E-state index in [1.807, 2.05) is 18.2 Å². The molecule has 0 saturated carbocycles. The van der Waals surface area contributed by atoms with E-state index >= 15 is 0 Å². The van der Waals surface area contributed by atoms with E-state index in [2.05, 4.69) is 135 Å². The molecule has 46 heavy (non-hydrogen) atoms. The number of para-hydroxylation sites is 7. The van der Waals surface area contributed by atoms with Crippen LogP contribution in [0.1, 0.15) is 0 Å². The van der Waals surface area contributed by atoms with Gasteiger partial charge in [0.1, 0.15) is 11.3 Å². The van der Waals surface area contributed by atoms with E-state index in [0.29, 0.717) is 5.95 Å². The first kappa shape index (κ1) is 24.2. The average molecular weight is 590 g/mol. The summed E-state index contributed by atoms with van der Waals surface area (Å²) < 4.78 is 17.7. The Morgan fingerprint density at radius 3 is 1.96 bits per heavy atom. The Balaban J connectivity index is 1.26. The molecule has 0 radical (unpaired) electrons. The molecule has 0 spiro atoms. The normalized spacial score (nSPS) is 13.3. The third-order valence-corrected chi connectivity index (χ3v) is 9.61. The van der Waals surface area contributed by atoms with Gasteiger partial charge in [-0.15, -0.1) is 0 Å². The molecule has 5 heterocycles. The summed E-state index contributed by atoms with van der Waals surface area (Å²) in [6.45, 7) is -0.183. The molecule has 0 N–H and O–H groups in total. The molecule has 214 valence electrons. The Kier molecular flexibility index (Phi) is 4.57. The predicted octanol–water partition coefficient (Wildman–Crippen LogP) is 8.42. The van der Waals surface area contributed by atoms with Crippen molar-refractivity contribution >= 4 is 78.9 Å². The summed E-state index contributed by atoms with van der Waals surface area (Å²) >= 11 is 0. The van der Waals surface area contributed by atoms with Crippen LogP contribution in [0.5, 0.6) is 11.7 Å². The number of imidazole rings is 1. The van der Waals surface area contributed by atoms with Crippen LogP contribution in [0.3, 0.4) is 0 Å². The molecule has 9 aromatic rings. The molecule has 7 heteroatoms. The van der Waals surface area contributed by atoms with Gasteiger partial charge in [-0.05, 0) is 54.6 Å². The van der Waals surface area contributed by atoms with Crippen molar-refractivity contribution in [3.8, 4) is 17.4 Å². The molecule has 2 aliphatic rings. The van der Waals surface area contributed by atoms with E-state index < -0.39 is 0 Å². The van der Waals surface area contributed by atoms with Crippen LogP contribution in [-0.2, 0) is 0 Å². The molecule has 0 atom stereocenters. The molecule has 2 aliphatic heterocycles. The lowest BCUT2D eigenvalue weighted by molar-refractivity contribution is 0.364. The number of hydrogen-bond acceptors (Lipinski definition) is 4. The fourth-order valence-electron chi connectivity index (χ4n) is 7.79. The topological polar surface area (TPSA) is 48.4 Å². The van der Waals surface area contributed by atoms with E-state index in [1.165, 1.54) is 10.8 Å². The van der Waals surface area contributed by atoms with Crippen molar-refractivity contribution in [2.24, 2.45) is 0 Å². The van der Waals surface area contributed by atoms with Crippen molar-refractivity contribution in [2.45, 2.75) is 0 Å². The smallest absolute Gasteiger partial charge is 0.345 e. The summed E-state index contributed by atoms with van der Waals surface area (Å²) in [6.07, 6.45) is 0. The molecule has 0 saturated heterocycles. The summed E-state index contributed by atoms with van der Waals surface area (Å²) in [4.78, 5) is 7.66. The summed E-state index contributed by atoms with van der Waals surface area (Å²) in [6, 6.07) is 48.8. The van der Waals surface area contributed by atoms with Crippen LogP contribution in [0.4, 0.5) is 17.3 Å². The lowest BCUT2D eigenvalue weighted by Gasteiger charge is -2.38. The monoisotopic (exact) mass is 590 g/mol. The lowest BCUT2D eigenvalue weighted by atomic mass is 9.47. The van der Waals surface area contributed by atoms with Gasteiger partial charge >= 0.3 is 6.85 Å². The average Bonchev–Trinajstić information content (AvgIpc) is 3.78. The fraction of sp³-hybridized carbons (Fsp3) is 0. The fourth-order valence-corrected chi connectivity index (χ4v) is 7.79. The van der Waals surface area contributed by atoms with Crippen molar-refractivity contribution in [2.75, 3.05) is 4.90 Å². The van der Waals surface area contributed by atoms with Gasteiger partial charge in [-0.25, -0.2) is 4.98 Å². The number of ether oxygens (including phenoxy) is 1. The molecule has 3 aromatic heterocycles. The van der Waals surface area contributed by atoms with Crippen LogP contribution in [-0.4, -0.2) is 20.9 Å². The van der Waals surface area contributed by atoms with Crippen LogP contribution in [0.15, 0.2) is 144 Å². The number of hydrogen-bond donors (Lipinski definition) is 0. The summed E-state index contributed by atoms with van der Waals surface area (Å²) in [5.74, 6) is 2.18. The zero-order valence-corrected chi connectivity index (χ0v) is 24.5. The van der Waals surface area contributed by atoms with Gasteiger partial charge in [0, 0.05) is 32.8 Å². The molecule has 0 bridgehead atoms. The van der Waals surface area contributed by atoms with E-state index in [4.69, 9.17) is 14.1 Å². The molecule has 0 amide bonds. The number of furan rings is 1. The Labute approximate surface area is 263 Å². The van der Waals surface area contributed by atoms with Crippen LogP contribution in [0, 0.1) is 0 Å². The van der Waals surface area contributed by atoms with Gasteiger partial charge in [0.15, 0.2) is 0 Å². The summed E-state index contributed by atoms with van der Waals surface area (Å²) in [5.41, 5.74) is 10.4. The molecular formula is C39H23BN4O2. The van der Waals surface area contributed by atoms with E-state index in [-0.39, 0.29) is 6.85 Å². The maximum absolute atomic E-state index is 6.58. The van der Waals surface area contributed by atoms with Crippen molar-refractivity contribution in [1.29, 1.82) is 0 Å². The molecule has 6 nitrogen and oxygen atoms in total. The predicted molar refractivity (Wildman–Crippen MR) is 185 cm³/mol. The molecule has 11 rings (SSSR count). The molecule has 0 fully saturated rings.